The number of rotatable bonds is 7. The number of hydrogen-bond acceptors (Lipinski definition) is 8. The van der Waals surface area contributed by atoms with Crippen LogP contribution in [-0.2, 0) is 16.3 Å². The molecule has 0 radical (unpaired) electrons. The number of anilines is 1. The number of thioether (sulfide) groups is 1. The van der Waals surface area contributed by atoms with Gasteiger partial charge in [-0.2, -0.15) is 0 Å². The van der Waals surface area contributed by atoms with E-state index in [1.54, 1.807) is 32.4 Å². The van der Waals surface area contributed by atoms with E-state index in [-0.39, 0.29) is 28.7 Å². The number of benzene rings is 2. The Morgan fingerprint density at radius 1 is 1.16 bits per heavy atom. The molecular formula is C22H25N3O5S2. The number of carbonyl (C=O) groups excluding carboxylic acids is 1. The van der Waals surface area contributed by atoms with E-state index in [0.29, 0.717) is 29.4 Å². The van der Waals surface area contributed by atoms with Crippen molar-refractivity contribution < 1.29 is 22.7 Å². The summed E-state index contributed by atoms with van der Waals surface area (Å²) in [6.07, 6.45) is 0.621. The van der Waals surface area contributed by atoms with Crippen molar-refractivity contribution in [2.45, 2.75) is 17.7 Å². The van der Waals surface area contributed by atoms with E-state index in [9.17, 15) is 13.2 Å². The molecule has 4 rings (SSSR count). The first kappa shape index (κ1) is 22.5. The van der Waals surface area contributed by atoms with Crippen molar-refractivity contribution in [3.05, 3.63) is 53.6 Å². The quantitative estimate of drug-likeness (QED) is 0.633. The molecule has 0 aromatic heterocycles. The van der Waals surface area contributed by atoms with Gasteiger partial charge in [0.15, 0.2) is 15.0 Å². The van der Waals surface area contributed by atoms with Gasteiger partial charge in [0.2, 0.25) is 0 Å². The molecule has 2 unspecified atom stereocenters. The molecule has 1 fully saturated rings. The van der Waals surface area contributed by atoms with Crippen LogP contribution in [-0.4, -0.2) is 63.1 Å². The summed E-state index contributed by atoms with van der Waals surface area (Å²) in [6.45, 7) is 0.458. The van der Waals surface area contributed by atoms with Crippen LogP contribution in [0.3, 0.4) is 0 Å². The molecule has 2 atom stereocenters. The lowest BCUT2D eigenvalue weighted by Gasteiger charge is -2.12. The Labute approximate surface area is 191 Å². The Kier molecular flexibility index (Phi) is 6.61. The molecular weight excluding hydrogens is 450 g/mol. The zero-order valence-electron chi connectivity index (χ0n) is 17.8. The Morgan fingerprint density at radius 3 is 2.75 bits per heavy atom. The van der Waals surface area contributed by atoms with Gasteiger partial charge in [0.05, 0.1) is 31.8 Å². The van der Waals surface area contributed by atoms with E-state index < -0.39 is 9.84 Å². The second kappa shape index (κ2) is 9.41. The van der Waals surface area contributed by atoms with Gasteiger partial charge in [-0.1, -0.05) is 23.9 Å². The second-order valence-corrected chi connectivity index (χ2v) is 11.0. The molecule has 2 aliphatic rings. The maximum atomic E-state index is 12.6. The minimum atomic E-state index is -2.98. The number of amidine groups is 1. The fourth-order valence-electron chi connectivity index (χ4n) is 3.75. The zero-order chi connectivity index (χ0) is 22.7. The molecule has 2 aromatic carbocycles. The highest BCUT2D eigenvalue weighted by atomic mass is 32.2. The summed E-state index contributed by atoms with van der Waals surface area (Å²) in [5.41, 5.74) is 2.25. The highest BCUT2D eigenvalue weighted by Crippen LogP contribution is 2.34. The number of amides is 1. The molecule has 1 amide bonds. The summed E-state index contributed by atoms with van der Waals surface area (Å²) in [6, 6.07) is 12.6. The fourth-order valence-corrected chi connectivity index (χ4v) is 7.42. The number of nitrogens with zero attached hydrogens (tertiary/aromatic N) is 1. The van der Waals surface area contributed by atoms with Crippen LogP contribution in [0.5, 0.6) is 11.5 Å². The number of fused-ring (bicyclic) bond motifs is 1. The molecule has 2 heterocycles. The molecule has 170 valence electrons. The summed E-state index contributed by atoms with van der Waals surface area (Å²) in [5.74, 6) is 1.53. The van der Waals surface area contributed by atoms with Gasteiger partial charge in [-0.25, -0.2) is 8.42 Å². The number of carbonyl (C=O) groups is 1. The Bertz CT molecular complexity index is 1150. The van der Waals surface area contributed by atoms with Crippen LogP contribution >= 0.6 is 11.8 Å². The predicted molar refractivity (Wildman–Crippen MR) is 127 cm³/mol. The monoisotopic (exact) mass is 475 g/mol. The molecule has 0 aliphatic carbocycles. The summed E-state index contributed by atoms with van der Waals surface area (Å²) in [4.78, 5) is 17.1. The third kappa shape index (κ3) is 5.18. The summed E-state index contributed by atoms with van der Waals surface area (Å²) < 4.78 is 34.0. The van der Waals surface area contributed by atoms with Gasteiger partial charge in [0, 0.05) is 29.1 Å². The number of sulfone groups is 1. The summed E-state index contributed by atoms with van der Waals surface area (Å²) in [7, 11) is 0.229. The maximum Gasteiger partial charge on any atom is 0.251 e. The van der Waals surface area contributed by atoms with Crippen LogP contribution in [0, 0.1) is 0 Å². The largest absolute Gasteiger partial charge is 0.497 e. The van der Waals surface area contributed by atoms with Crippen LogP contribution in [0.4, 0.5) is 5.69 Å². The molecule has 0 saturated carbocycles. The number of ether oxygens (including phenoxy) is 2. The first-order chi connectivity index (χ1) is 15.4. The molecule has 10 heteroatoms. The van der Waals surface area contributed by atoms with Crippen molar-refractivity contribution in [3.8, 4) is 11.5 Å². The molecule has 2 aliphatic heterocycles. The highest BCUT2D eigenvalue weighted by molar-refractivity contribution is 8.15. The van der Waals surface area contributed by atoms with Crippen molar-refractivity contribution in [3.63, 3.8) is 0 Å². The molecule has 32 heavy (non-hydrogen) atoms. The maximum absolute atomic E-state index is 12.6. The van der Waals surface area contributed by atoms with Crippen LogP contribution < -0.4 is 20.1 Å². The van der Waals surface area contributed by atoms with Crippen molar-refractivity contribution >= 4 is 38.4 Å². The van der Waals surface area contributed by atoms with Gasteiger partial charge < -0.3 is 20.1 Å². The van der Waals surface area contributed by atoms with Crippen LogP contribution in [0.25, 0.3) is 0 Å². The van der Waals surface area contributed by atoms with Gasteiger partial charge in [0.25, 0.3) is 5.91 Å². The molecule has 0 bridgehead atoms. The minimum Gasteiger partial charge on any atom is -0.497 e. The van der Waals surface area contributed by atoms with Crippen molar-refractivity contribution in [1.29, 1.82) is 0 Å². The van der Waals surface area contributed by atoms with Crippen LogP contribution in [0.15, 0.2) is 47.5 Å². The van der Waals surface area contributed by atoms with E-state index in [1.165, 1.54) is 11.8 Å². The lowest BCUT2D eigenvalue weighted by Crippen LogP contribution is -2.26. The number of methoxy groups -OCH3 is 2. The number of hydrogen-bond donors (Lipinski definition) is 2. The molecule has 2 aromatic rings. The smallest absolute Gasteiger partial charge is 0.251 e. The topological polar surface area (TPSA) is 106 Å². The lowest BCUT2D eigenvalue weighted by atomic mass is 10.1. The second-order valence-electron chi connectivity index (χ2n) is 7.62. The summed E-state index contributed by atoms with van der Waals surface area (Å²) >= 11 is 1.45. The summed E-state index contributed by atoms with van der Waals surface area (Å²) in [5, 5.41) is 6.81. The zero-order valence-corrected chi connectivity index (χ0v) is 19.5. The normalized spacial score (nSPS) is 20.9. The van der Waals surface area contributed by atoms with E-state index in [2.05, 4.69) is 15.6 Å². The van der Waals surface area contributed by atoms with Crippen molar-refractivity contribution in [2.75, 3.05) is 37.6 Å². The molecule has 1 saturated heterocycles. The van der Waals surface area contributed by atoms with Gasteiger partial charge in [-0.15, -0.1) is 0 Å². The number of aliphatic imine (C=N–C) groups is 1. The van der Waals surface area contributed by atoms with Gasteiger partial charge in [-0.3, -0.25) is 9.79 Å². The third-order valence-electron chi connectivity index (χ3n) is 5.37. The Morgan fingerprint density at radius 2 is 2.00 bits per heavy atom. The highest BCUT2D eigenvalue weighted by Gasteiger charge is 2.42. The van der Waals surface area contributed by atoms with Gasteiger partial charge in [-0.05, 0) is 36.2 Å². The predicted octanol–water partition coefficient (Wildman–Crippen LogP) is 2.36. The Hall–Kier alpha value is -2.72. The van der Waals surface area contributed by atoms with E-state index in [1.807, 2.05) is 24.3 Å². The number of nitrogens with one attached hydrogen (secondary N) is 2. The fraction of sp³-hybridized carbons (Fsp3) is 0.364. The van der Waals surface area contributed by atoms with E-state index >= 15 is 0 Å². The average molecular weight is 476 g/mol. The minimum absolute atomic E-state index is 0.0241. The van der Waals surface area contributed by atoms with E-state index in [4.69, 9.17) is 9.47 Å². The van der Waals surface area contributed by atoms with Crippen molar-refractivity contribution in [1.82, 2.24) is 5.32 Å². The SMILES string of the molecule is COc1ccc(CCNC(=O)c2cccc(NC3=NC4CS(=O)(=O)CC4S3)c2)c(OC)c1. The average Bonchev–Trinajstić information content (AvgIpc) is 3.26. The van der Waals surface area contributed by atoms with Crippen LogP contribution in [0.2, 0.25) is 0 Å². The standard InChI is InChI=1S/C22H25N3O5S2/c1-29-17-7-6-14(19(11-17)30-2)8-9-23-21(26)15-4-3-5-16(10-15)24-22-25-18-12-32(27,28)13-20(18)31-22/h3-7,10-11,18,20H,8-9,12-13H2,1-2H3,(H,23,26)(H,24,25). The third-order valence-corrected chi connectivity index (χ3v) is 8.51. The Balaban J connectivity index is 1.33. The molecule has 2 N–H and O–H groups in total. The van der Waals surface area contributed by atoms with Gasteiger partial charge >= 0.3 is 0 Å². The lowest BCUT2D eigenvalue weighted by molar-refractivity contribution is 0.0954. The van der Waals surface area contributed by atoms with Gasteiger partial charge in [0.1, 0.15) is 11.5 Å². The molecule has 0 spiro atoms. The van der Waals surface area contributed by atoms with E-state index in [0.717, 1.165) is 17.0 Å². The molecule has 8 nitrogen and oxygen atoms in total. The van der Waals surface area contributed by atoms with Crippen LogP contribution in [0.1, 0.15) is 15.9 Å². The first-order valence-electron chi connectivity index (χ1n) is 10.2. The van der Waals surface area contributed by atoms with Crippen molar-refractivity contribution in [2.24, 2.45) is 4.99 Å². The first-order valence-corrected chi connectivity index (χ1v) is 12.9.